The Morgan fingerprint density at radius 3 is 2.59 bits per heavy atom. The Bertz CT molecular complexity index is 255. The zero-order valence-corrected chi connectivity index (χ0v) is 12.0. The first kappa shape index (κ1) is 14.5. The summed E-state index contributed by atoms with van der Waals surface area (Å²) in [6.45, 7) is 9.81. The summed E-state index contributed by atoms with van der Waals surface area (Å²) in [5.41, 5.74) is 0. The molecule has 1 saturated heterocycles. The van der Waals surface area contributed by atoms with Crippen LogP contribution in [0.5, 0.6) is 0 Å². The standard InChI is InChI=1S/C14H28N2O/c1-6-10(2)7-12(4)15-14(17)13-8-11(3)9-16(13)5/h10-13H,6-9H2,1-5H3,(H,15,17)/t10?,11-,12?,13?/m1/s1. The van der Waals surface area contributed by atoms with Crippen molar-refractivity contribution in [2.24, 2.45) is 11.8 Å². The number of amides is 1. The molecule has 1 heterocycles. The molecule has 0 aliphatic carbocycles. The van der Waals surface area contributed by atoms with Gasteiger partial charge in [-0.1, -0.05) is 27.2 Å². The van der Waals surface area contributed by atoms with E-state index in [-0.39, 0.29) is 11.9 Å². The maximum Gasteiger partial charge on any atom is 0.237 e. The number of carbonyl (C=O) groups excluding carboxylic acids is 1. The Balaban J connectivity index is 2.38. The van der Waals surface area contributed by atoms with E-state index in [4.69, 9.17) is 0 Å². The Morgan fingerprint density at radius 2 is 2.12 bits per heavy atom. The van der Waals surface area contributed by atoms with Crippen LogP contribution in [0.15, 0.2) is 0 Å². The Kier molecular flexibility index (Phi) is 5.44. The quantitative estimate of drug-likeness (QED) is 0.799. The van der Waals surface area contributed by atoms with E-state index in [0.717, 1.165) is 19.4 Å². The molecule has 0 aromatic heterocycles. The van der Waals surface area contributed by atoms with Crippen LogP contribution in [0.4, 0.5) is 0 Å². The molecule has 0 saturated carbocycles. The summed E-state index contributed by atoms with van der Waals surface area (Å²) in [7, 11) is 2.05. The van der Waals surface area contributed by atoms with E-state index in [9.17, 15) is 4.79 Å². The molecule has 3 nitrogen and oxygen atoms in total. The summed E-state index contributed by atoms with van der Waals surface area (Å²) in [6.07, 6.45) is 3.26. The molecule has 1 aliphatic rings. The molecule has 0 bridgehead atoms. The predicted octanol–water partition coefficient (Wildman–Crippen LogP) is 2.27. The molecule has 0 radical (unpaired) electrons. The molecule has 0 aromatic rings. The van der Waals surface area contributed by atoms with Gasteiger partial charge in [-0.15, -0.1) is 0 Å². The topological polar surface area (TPSA) is 32.3 Å². The van der Waals surface area contributed by atoms with Crippen molar-refractivity contribution in [2.45, 2.75) is 59.0 Å². The van der Waals surface area contributed by atoms with Crippen LogP contribution in [0.3, 0.4) is 0 Å². The van der Waals surface area contributed by atoms with Crippen LogP contribution in [-0.4, -0.2) is 36.5 Å². The van der Waals surface area contributed by atoms with Gasteiger partial charge in [-0.25, -0.2) is 0 Å². The van der Waals surface area contributed by atoms with Gasteiger partial charge in [0.1, 0.15) is 0 Å². The van der Waals surface area contributed by atoms with E-state index in [0.29, 0.717) is 17.9 Å². The van der Waals surface area contributed by atoms with E-state index in [1.807, 2.05) is 7.05 Å². The number of rotatable bonds is 5. The summed E-state index contributed by atoms with van der Waals surface area (Å²) in [4.78, 5) is 14.3. The van der Waals surface area contributed by atoms with E-state index in [1.54, 1.807) is 0 Å². The second-order valence-corrected chi connectivity index (χ2v) is 5.96. The highest BCUT2D eigenvalue weighted by Gasteiger charge is 2.32. The molecule has 4 atom stereocenters. The first-order valence-electron chi connectivity index (χ1n) is 6.94. The molecule has 100 valence electrons. The third-order valence-corrected chi connectivity index (χ3v) is 3.90. The van der Waals surface area contributed by atoms with Crippen LogP contribution < -0.4 is 5.32 Å². The Hall–Kier alpha value is -0.570. The van der Waals surface area contributed by atoms with Crippen molar-refractivity contribution in [3.05, 3.63) is 0 Å². The number of nitrogens with zero attached hydrogens (tertiary/aromatic N) is 1. The number of likely N-dealkylation sites (tertiary alicyclic amines) is 1. The van der Waals surface area contributed by atoms with Gasteiger partial charge in [0.05, 0.1) is 6.04 Å². The smallest absolute Gasteiger partial charge is 0.237 e. The third kappa shape index (κ3) is 4.30. The zero-order chi connectivity index (χ0) is 13.0. The number of nitrogens with one attached hydrogen (secondary N) is 1. The van der Waals surface area contributed by atoms with Gasteiger partial charge < -0.3 is 5.32 Å². The number of hydrogen-bond acceptors (Lipinski definition) is 2. The minimum Gasteiger partial charge on any atom is -0.352 e. The van der Waals surface area contributed by atoms with E-state index in [2.05, 4.69) is 37.9 Å². The van der Waals surface area contributed by atoms with Gasteiger partial charge in [0, 0.05) is 12.6 Å². The molecule has 1 fully saturated rings. The van der Waals surface area contributed by atoms with Gasteiger partial charge in [0.15, 0.2) is 0 Å². The van der Waals surface area contributed by atoms with Crippen LogP contribution in [0.2, 0.25) is 0 Å². The van der Waals surface area contributed by atoms with Gasteiger partial charge in [0.2, 0.25) is 5.91 Å². The van der Waals surface area contributed by atoms with Crippen molar-refractivity contribution in [1.29, 1.82) is 0 Å². The lowest BCUT2D eigenvalue weighted by atomic mass is 10.00. The normalized spacial score (nSPS) is 29.0. The summed E-state index contributed by atoms with van der Waals surface area (Å²) in [5.74, 6) is 1.54. The van der Waals surface area contributed by atoms with Gasteiger partial charge in [-0.05, 0) is 38.6 Å². The highest BCUT2D eigenvalue weighted by atomic mass is 16.2. The van der Waals surface area contributed by atoms with Crippen LogP contribution >= 0.6 is 0 Å². The fourth-order valence-electron chi connectivity index (χ4n) is 2.73. The molecule has 1 aliphatic heterocycles. The van der Waals surface area contributed by atoms with Gasteiger partial charge in [0.25, 0.3) is 0 Å². The van der Waals surface area contributed by atoms with Crippen LogP contribution in [0.25, 0.3) is 0 Å². The van der Waals surface area contributed by atoms with Crippen molar-refractivity contribution < 1.29 is 4.79 Å². The second kappa shape index (κ2) is 6.39. The highest BCUT2D eigenvalue weighted by molar-refractivity contribution is 5.82. The lowest BCUT2D eigenvalue weighted by Gasteiger charge is -2.23. The van der Waals surface area contributed by atoms with Crippen LogP contribution in [0.1, 0.15) is 47.0 Å². The molecule has 0 spiro atoms. The minimum atomic E-state index is 0.0874. The minimum absolute atomic E-state index is 0.0874. The van der Waals surface area contributed by atoms with E-state index >= 15 is 0 Å². The maximum atomic E-state index is 12.1. The zero-order valence-electron chi connectivity index (χ0n) is 12.0. The van der Waals surface area contributed by atoms with Gasteiger partial charge in [-0.2, -0.15) is 0 Å². The van der Waals surface area contributed by atoms with Crippen molar-refractivity contribution in [3.63, 3.8) is 0 Å². The summed E-state index contributed by atoms with van der Waals surface area (Å²) in [5, 5.41) is 3.16. The molecular formula is C14H28N2O. The lowest BCUT2D eigenvalue weighted by molar-refractivity contribution is -0.125. The number of carbonyl (C=O) groups is 1. The van der Waals surface area contributed by atoms with E-state index in [1.165, 1.54) is 6.42 Å². The SMILES string of the molecule is CCC(C)CC(C)NC(=O)C1C[C@@H](C)CN1C. The molecule has 17 heavy (non-hydrogen) atoms. The molecular weight excluding hydrogens is 212 g/mol. The summed E-state index contributed by atoms with van der Waals surface area (Å²) < 4.78 is 0. The predicted molar refractivity (Wildman–Crippen MR) is 71.9 cm³/mol. The van der Waals surface area contributed by atoms with Crippen molar-refractivity contribution in [3.8, 4) is 0 Å². The van der Waals surface area contributed by atoms with Crippen LogP contribution in [-0.2, 0) is 4.79 Å². The fraction of sp³-hybridized carbons (Fsp3) is 0.929. The monoisotopic (exact) mass is 240 g/mol. The average Bonchev–Trinajstić information content (AvgIpc) is 2.57. The Morgan fingerprint density at radius 1 is 1.47 bits per heavy atom. The maximum absolute atomic E-state index is 12.1. The highest BCUT2D eigenvalue weighted by Crippen LogP contribution is 2.21. The molecule has 1 rings (SSSR count). The second-order valence-electron chi connectivity index (χ2n) is 5.96. The molecule has 0 aromatic carbocycles. The van der Waals surface area contributed by atoms with Crippen molar-refractivity contribution >= 4 is 5.91 Å². The van der Waals surface area contributed by atoms with Gasteiger partial charge >= 0.3 is 0 Å². The molecule has 3 unspecified atom stereocenters. The summed E-state index contributed by atoms with van der Waals surface area (Å²) in [6, 6.07) is 0.381. The summed E-state index contributed by atoms with van der Waals surface area (Å²) >= 11 is 0. The Labute approximate surface area is 106 Å². The van der Waals surface area contributed by atoms with Crippen molar-refractivity contribution in [1.82, 2.24) is 10.2 Å². The van der Waals surface area contributed by atoms with Crippen LogP contribution in [0, 0.1) is 11.8 Å². The van der Waals surface area contributed by atoms with E-state index < -0.39 is 0 Å². The number of hydrogen-bond donors (Lipinski definition) is 1. The average molecular weight is 240 g/mol. The molecule has 3 heteroatoms. The molecule has 1 amide bonds. The van der Waals surface area contributed by atoms with Crippen molar-refractivity contribution in [2.75, 3.05) is 13.6 Å². The number of likely N-dealkylation sites (N-methyl/N-ethyl adjacent to an activating group) is 1. The largest absolute Gasteiger partial charge is 0.352 e. The third-order valence-electron chi connectivity index (χ3n) is 3.90. The molecule has 1 N–H and O–H groups in total. The first-order chi connectivity index (χ1) is 7.93. The lowest BCUT2D eigenvalue weighted by Crippen LogP contribution is -2.45. The fourth-order valence-corrected chi connectivity index (χ4v) is 2.73. The first-order valence-corrected chi connectivity index (χ1v) is 6.94. The van der Waals surface area contributed by atoms with Gasteiger partial charge in [-0.3, -0.25) is 9.69 Å².